The Kier molecular flexibility index (Phi) is 1.70. The molecular weight excluding hydrogens is 170 g/mol. The molecule has 2 unspecified atom stereocenters. The molecule has 0 saturated heterocycles. The van der Waals surface area contributed by atoms with Crippen LogP contribution in [0.25, 0.3) is 0 Å². The van der Waals surface area contributed by atoms with E-state index in [-0.39, 0.29) is 5.78 Å². The topological polar surface area (TPSA) is 67.3 Å². The van der Waals surface area contributed by atoms with Crippen molar-refractivity contribution < 1.29 is 14.7 Å². The van der Waals surface area contributed by atoms with Gasteiger partial charge in [-0.2, -0.15) is 0 Å². The van der Waals surface area contributed by atoms with Crippen LogP contribution in [0.2, 0.25) is 0 Å². The number of aromatic nitrogens is 1. The lowest BCUT2D eigenvalue weighted by atomic mass is 10.1. The van der Waals surface area contributed by atoms with Gasteiger partial charge >= 0.3 is 0 Å². The van der Waals surface area contributed by atoms with Crippen molar-refractivity contribution in [2.24, 2.45) is 5.92 Å². The number of hydrogen-bond acceptors (Lipinski definition) is 4. The van der Waals surface area contributed by atoms with E-state index >= 15 is 0 Å². The molecule has 0 spiro atoms. The molecule has 1 aromatic heterocycles. The highest BCUT2D eigenvalue weighted by molar-refractivity contribution is 6.09. The number of pyridine rings is 1. The lowest BCUT2D eigenvalue weighted by Gasteiger charge is -2.04. The molecule has 0 saturated carbocycles. The maximum absolute atomic E-state index is 11.4. The summed E-state index contributed by atoms with van der Waals surface area (Å²) in [7, 11) is 0. The summed E-state index contributed by atoms with van der Waals surface area (Å²) >= 11 is 0. The lowest BCUT2D eigenvalue weighted by molar-refractivity contribution is -0.112. The molecule has 0 aromatic carbocycles. The van der Waals surface area contributed by atoms with Gasteiger partial charge in [0.25, 0.3) is 0 Å². The van der Waals surface area contributed by atoms with E-state index in [0.29, 0.717) is 17.4 Å². The van der Waals surface area contributed by atoms with Crippen LogP contribution in [0.5, 0.6) is 0 Å². The summed E-state index contributed by atoms with van der Waals surface area (Å²) in [6.45, 7) is 0. The van der Waals surface area contributed by atoms with Gasteiger partial charge < -0.3 is 9.90 Å². The summed E-state index contributed by atoms with van der Waals surface area (Å²) < 4.78 is 0. The van der Waals surface area contributed by atoms with Crippen LogP contribution >= 0.6 is 0 Å². The van der Waals surface area contributed by atoms with Gasteiger partial charge in [-0.25, -0.2) is 0 Å². The highest BCUT2D eigenvalue weighted by atomic mass is 16.3. The summed E-state index contributed by atoms with van der Waals surface area (Å²) in [4.78, 5) is 25.7. The number of aliphatic hydroxyl groups excluding tert-OH is 1. The monoisotopic (exact) mass is 177 g/mol. The SMILES string of the molecule is O=CC1C(=O)c2ccncc2C1O. The number of carbonyl (C=O) groups excluding carboxylic acids is 2. The molecule has 2 atom stereocenters. The molecule has 0 radical (unpaired) electrons. The van der Waals surface area contributed by atoms with Crippen molar-refractivity contribution in [2.45, 2.75) is 6.10 Å². The van der Waals surface area contributed by atoms with Gasteiger partial charge in [0.05, 0.1) is 6.10 Å². The average Bonchev–Trinajstić information content (AvgIpc) is 2.41. The van der Waals surface area contributed by atoms with Crippen LogP contribution in [-0.2, 0) is 4.79 Å². The number of ketones is 1. The van der Waals surface area contributed by atoms with Crippen LogP contribution in [0.4, 0.5) is 0 Å². The van der Waals surface area contributed by atoms with E-state index in [1.54, 1.807) is 0 Å². The van der Waals surface area contributed by atoms with Crippen molar-refractivity contribution >= 4 is 12.1 Å². The summed E-state index contributed by atoms with van der Waals surface area (Å²) in [5, 5.41) is 9.52. The second kappa shape index (κ2) is 2.74. The number of aliphatic hydroxyl groups is 1. The summed E-state index contributed by atoms with van der Waals surface area (Å²) in [5.41, 5.74) is 0.851. The predicted octanol–water partition coefficient (Wildman–Crippen LogP) is 0.126. The highest BCUT2D eigenvalue weighted by Crippen LogP contribution is 2.33. The van der Waals surface area contributed by atoms with Gasteiger partial charge in [-0.3, -0.25) is 9.78 Å². The molecule has 13 heavy (non-hydrogen) atoms. The Morgan fingerprint density at radius 3 is 2.92 bits per heavy atom. The predicted molar refractivity (Wildman–Crippen MR) is 43.1 cm³/mol. The first-order valence-electron chi connectivity index (χ1n) is 3.87. The molecule has 1 heterocycles. The van der Waals surface area contributed by atoms with Gasteiger partial charge in [0.2, 0.25) is 0 Å². The van der Waals surface area contributed by atoms with Crippen LogP contribution < -0.4 is 0 Å². The molecular formula is C9H7NO3. The number of carbonyl (C=O) groups is 2. The van der Waals surface area contributed by atoms with E-state index < -0.39 is 12.0 Å². The van der Waals surface area contributed by atoms with Crippen LogP contribution in [-0.4, -0.2) is 22.2 Å². The van der Waals surface area contributed by atoms with E-state index in [0.717, 1.165) is 0 Å². The third kappa shape index (κ3) is 0.990. The minimum Gasteiger partial charge on any atom is -0.387 e. The third-order valence-corrected chi connectivity index (χ3v) is 2.23. The Labute approximate surface area is 74.2 Å². The lowest BCUT2D eigenvalue weighted by Crippen LogP contribution is -2.14. The van der Waals surface area contributed by atoms with E-state index in [1.807, 2.05) is 0 Å². The normalized spacial score (nSPS) is 25.8. The van der Waals surface area contributed by atoms with E-state index in [1.165, 1.54) is 18.5 Å². The van der Waals surface area contributed by atoms with Gasteiger partial charge in [-0.1, -0.05) is 0 Å². The quantitative estimate of drug-likeness (QED) is 0.489. The second-order valence-electron chi connectivity index (χ2n) is 2.93. The van der Waals surface area contributed by atoms with Crippen molar-refractivity contribution in [1.29, 1.82) is 0 Å². The highest BCUT2D eigenvalue weighted by Gasteiger charge is 2.38. The van der Waals surface area contributed by atoms with E-state index in [4.69, 9.17) is 0 Å². The number of aldehydes is 1. The standard InChI is InChI=1S/C9H7NO3/c11-4-7-8(12)5-1-2-10-3-6(5)9(7)13/h1-4,7,9,13H. The maximum atomic E-state index is 11.4. The largest absolute Gasteiger partial charge is 0.387 e. The van der Waals surface area contributed by atoms with Crippen LogP contribution in [0.1, 0.15) is 22.0 Å². The number of nitrogens with zero attached hydrogens (tertiary/aromatic N) is 1. The Morgan fingerprint density at radius 2 is 2.31 bits per heavy atom. The maximum Gasteiger partial charge on any atom is 0.176 e. The molecule has 1 aromatic rings. The smallest absolute Gasteiger partial charge is 0.176 e. The van der Waals surface area contributed by atoms with Crippen molar-refractivity contribution in [2.75, 3.05) is 0 Å². The molecule has 66 valence electrons. The molecule has 0 amide bonds. The molecule has 0 bridgehead atoms. The molecule has 1 aliphatic rings. The van der Waals surface area contributed by atoms with Gasteiger partial charge in [0.1, 0.15) is 12.2 Å². The van der Waals surface area contributed by atoms with Gasteiger partial charge in [0, 0.05) is 23.5 Å². The number of rotatable bonds is 1. The van der Waals surface area contributed by atoms with Crippen molar-refractivity contribution in [3.63, 3.8) is 0 Å². The molecule has 0 aliphatic heterocycles. The zero-order valence-corrected chi connectivity index (χ0v) is 6.68. The first-order chi connectivity index (χ1) is 6.25. The fraction of sp³-hybridized carbons (Fsp3) is 0.222. The fourth-order valence-corrected chi connectivity index (χ4v) is 1.52. The third-order valence-electron chi connectivity index (χ3n) is 2.23. The number of hydrogen-bond donors (Lipinski definition) is 1. The second-order valence-corrected chi connectivity index (χ2v) is 2.93. The van der Waals surface area contributed by atoms with Crippen LogP contribution in [0, 0.1) is 5.92 Å². The Hall–Kier alpha value is -1.55. The fourth-order valence-electron chi connectivity index (χ4n) is 1.52. The molecule has 2 rings (SSSR count). The van der Waals surface area contributed by atoms with Crippen molar-refractivity contribution in [1.82, 2.24) is 4.98 Å². The summed E-state index contributed by atoms with van der Waals surface area (Å²) in [6, 6.07) is 1.52. The molecule has 1 N–H and O–H groups in total. The van der Waals surface area contributed by atoms with E-state index in [2.05, 4.69) is 4.98 Å². The number of Topliss-reactive ketones (excluding diaryl/α,β-unsaturated/α-hetero) is 1. The zero-order valence-electron chi connectivity index (χ0n) is 6.68. The van der Waals surface area contributed by atoms with Crippen LogP contribution in [0.3, 0.4) is 0 Å². The molecule has 4 heteroatoms. The van der Waals surface area contributed by atoms with Gasteiger partial charge in [-0.05, 0) is 6.07 Å². The molecule has 4 nitrogen and oxygen atoms in total. The average molecular weight is 177 g/mol. The molecule has 0 fully saturated rings. The number of fused-ring (bicyclic) bond motifs is 1. The van der Waals surface area contributed by atoms with Crippen molar-refractivity contribution in [3.05, 3.63) is 29.6 Å². The Bertz CT molecular complexity index is 375. The minimum absolute atomic E-state index is 0.320. The van der Waals surface area contributed by atoms with Crippen molar-refractivity contribution in [3.8, 4) is 0 Å². The zero-order chi connectivity index (χ0) is 9.42. The van der Waals surface area contributed by atoms with E-state index in [9.17, 15) is 14.7 Å². The Balaban J connectivity index is 2.56. The first kappa shape index (κ1) is 8.07. The Morgan fingerprint density at radius 1 is 1.54 bits per heavy atom. The summed E-state index contributed by atoms with van der Waals surface area (Å²) in [6.07, 6.45) is 2.35. The molecule has 1 aliphatic carbocycles. The van der Waals surface area contributed by atoms with Gasteiger partial charge in [-0.15, -0.1) is 0 Å². The van der Waals surface area contributed by atoms with Crippen LogP contribution in [0.15, 0.2) is 18.5 Å². The minimum atomic E-state index is -1.02. The first-order valence-corrected chi connectivity index (χ1v) is 3.87. The van der Waals surface area contributed by atoms with Gasteiger partial charge in [0.15, 0.2) is 5.78 Å². The summed E-state index contributed by atoms with van der Waals surface area (Å²) in [5.74, 6) is -1.26.